The van der Waals surface area contributed by atoms with Gasteiger partial charge in [0.1, 0.15) is 29.7 Å². The molecule has 0 unspecified atom stereocenters. The molecule has 2 N–H and O–H groups in total. The van der Waals surface area contributed by atoms with Crippen LogP contribution in [0.2, 0.25) is 0 Å². The SMILES string of the molecule is C=C(C)C(=O)NCCOc1ccc(Oc2c(-c3ccc(F)cc3)sc3cc(O)ccc23)cc1. The molecule has 0 fully saturated rings. The fourth-order valence-corrected chi connectivity index (χ4v) is 4.33. The minimum atomic E-state index is -0.310. The van der Waals surface area contributed by atoms with Crippen molar-refractivity contribution in [2.24, 2.45) is 0 Å². The summed E-state index contributed by atoms with van der Waals surface area (Å²) in [5.41, 5.74) is 1.27. The number of carbonyl (C=O) groups excluding carboxylic acids is 1. The third-order valence-corrected chi connectivity index (χ3v) is 6.00. The van der Waals surface area contributed by atoms with E-state index in [2.05, 4.69) is 11.9 Å². The first-order valence-corrected chi connectivity index (χ1v) is 11.1. The molecule has 5 nitrogen and oxygen atoms in total. The van der Waals surface area contributed by atoms with Crippen LogP contribution in [0.25, 0.3) is 20.5 Å². The Morgan fingerprint density at radius 3 is 2.45 bits per heavy atom. The van der Waals surface area contributed by atoms with Gasteiger partial charge in [-0.2, -0.15) is 0 Å². The van der Waals surface area contributed by atoms with Gasteiger partial charge in [-0.05, 0) is 67.1 Å². The van der Waals surface area contributed by atoms with E-state index < -0.39 is 0 Å². The van der Waals surface area contributed by atoms with Gasteiger partial charge in [0.25, 0.3) is 0 Å². The van der Waals surface area contributed by atoms with E-state index in [1.165, 1.54) is 23.5 Å². The lowest BCUT2D eigenvalue weighted by molar-refractivity contribution is -0.117. The molecule has 0 aliphatic carbocycles. The normalized spacial score (nSPS) is 10.7. The number of hydrogen-bond acceptors (Lipinski definition) is 5. The number of aromatic hydroxyl groups is 1. The van der Waals surface area contributed by atoms with Gasteiger partial charge in [-0.3, -0.25) is 4.79 Å². The van der Waals surface area contributed by atoms with Crippen molar-refractivity contribution >= 4 is 27.3 Å². The zero-order chi connectivity index (χ0) is 23.4. The van der Waals surface area contributed by atoms with Crippen LogP contribution in [0.1, 0.15) is 6.92 Å². The van der Waals surface area contributed by atoms with E-state index >= 15 is 0 Å². The standard InChI is InChI=1S/C26H22FNO4S/c1-16(2)26(30)28-13-14-31-20-8-10-21(11-9-20)32-24-22-12-7-19(29)15-23(22)33-25(24)17-3-5-18(27)6-4-17/h3-12,15,29H,1,13-14H2,2H3,(H,28,30). The molecule has 0 spiro atoms. The number of benzene rings is 3. The quantitative estimate of drug-likeness (QED) is 0.239. The molecule has 0 saturated carbocycles. The summed E-state index contributed by atoms with van der Waals surface area (Å²) in [5, 5.41) is 13.4. The predicted octanol–water partition coefficient (Wildman–Crippen LogP) is 6.28. The second-order valence-electron chi connectivity index (χ2n) is 7.41. The molecule has 3 aromatic carbocycles. The van der Waals surface area contributed by atoms with Crippen molar-refractivity contribution in [3.8, 4) is 33.4 Å². The lowest BCUT2D eigenvalue weighted by Gasteiger charge is -2.10. The number of rotatable bonds is 8. The highest BCUT2D eigenvalue weighted by atomic mass is 32.1. The molecule has 1 aromatic heterocycles. The van der Waals surface area contributed by atoms with Crippen molar-refractivity contribution in [2.75, 3.05) is 13.2 Å². The molecule has 7 heteroatoms. The molecule has 0 aliphatic heterocycles. The largest absolute Gasteiger partial charge is 0.508 e. The number of carbonyl (C=O) groups is 1. The molecule has 33 heavy (non-hydrogen) atoms. The highest BCUT2D eigenvalue weighted by molar-refractivity contribution is 7.22. The number of amides is 1. The van der Waals surface area contributed by atoms with Crippen molar-refractivity contribution in [2.45, 2.75) is 6.92 Å². The maximum atomic E-state index is 13.4. The lowest BCUT2D eigenvalue weighted by Crippen LogP contribution is -2.28. The van der Waals surface area contributed by atoms with Crippen LogP contribution in [0.3, 0.4) is 0 Å². The number of ether oxygens (including phenoxy) is 2. The molecule has 0 bridgehead atoms. The monoisotopic (exact) mass is 463 g/mol. The summed E-state index contributed by atoms with van der Waals surface area (Å²) in [7, 11) is 0. The number of nitrogens with one attached hydrogen (secondary N) is 1. The van der Waals surface area contributed by atoms with Crippen molar-refractivity contribution < 1.29 is 23.8 Å². The molecule has 0 atom stereocenters. The average Bonchev–Trinajstić information content (AvgIpc) is 3.15. The van der Waals surface area contributed by atoms with Crippen molar-refractivity contribution in [1.82, 2.24) is 5.32 Å². The van der Waals surface area contributed by atoms with Gasteiger partial charge in [0, 0.05) is 15.7 Å². The summed E-state index contributed by atoms with van der Waals surface area (Å²) in [4.78, 5) is 12.3. The summed E-state index contributed by atoms with van der Waals surface area (Å²) in [6, 6.07) is 18.5. The van der Waals surface area contributed by atoms with Crippen molar-refractivity contribution in [3.05, 3.63) is 84.7 Å². The van der Waals surface area contributed by atoms with Gasteiger partial charge < -0.3 is 19.9 Å². The molecular weight excluding hydrogens is 441 g/mol. The fourth-order valence-electron chi connectivity index (χ4n) is 3.16. The van der Waals surface area contributed by atoms with Gasteiger partial charge >= 0.3 is 0 Å². The van der Waals surface area contributed by atoms with Crippen LogP contribution >= 0.6 is 11.3 Å². The van der Waals surface area contributed by atoms with Crippen LogP contribution in [0.5, 0.6) is 23.0 Å². The Morgan fingerprint density at radius 1 is 1.06 bits per heavy atom. The Hall–Kier alpha value is -3.84. The van der Waals surface area contributed by atoms with Gasteiger partial charge in [-0.25, -0.2) is 4.39 Å². The second kappa shape index (κ2) is 9.75. The highest BCUT2D eigenvalue weighted by Gasteiger charge is 2.17. The molecule has 0 radical (unpaired) electrons. The van der Waals surface area contributed by atoms with Gasteiger partial charge in [-0.15, -0.1) is 11.3 Å². The molecule has 4 aromatic rings. The van der Waals surface area contributed by atoms with E-state index in [-0.39, 0.29) is 17.5 Å². The van der Waals surface area contributed by atoms with Crippen LogP contribution < -0.4 is 14.8 Å². The Morgan fingerprint density at radius 2 is 1.76 bits per heavy atom. The minimum absolute atomic E-state index is 0.168. The number of fused-ring (bicyclic) bond motifs is 1. The summed E-state index contributed by atoms with van der Waals surface area (Å²) >= 11 is 1.46. The van der Waals surface area contributed by atoms with Crippen LogP contribution in [-0.2, 0) is 4.79 Å². The third-order valence-electron chi connectivity index (χ3n) is 4.82. The van der Waals surface area contributed by atoms with E-state index in [1.807, 2.05) is 0 Å². The van der Waals surface area contributed by atoms with Gasteiger partial charge in [0.05, 0.1) is 11.4 Å². The van der Waals surface area contributed by atoms with Crippen molar-refractivity contribution in [3.63, 3.8) is 0 Å². The topological polar surface area (TPSA) is 67.8 Å². The first-order chi connectivity index (χ1) is 15.9. The first kappa shape index (κ1) is 22.4. The number of phenolic OH excluding ortho intramolecular Hbond substituents is 1. The van der Waals surface area contributed by atoms with E-state index in [0.717, 1.165) is 20.5 Å². The number of hydrogen-bond donors (Lipinski definition) is 2. The number of thiophene rings is 1. The second-order valence-corrected chi connectivity index (χ2v) is 8.46. The number of halogens is 1. The molecule has 0 saturated heterocycles. The average molecular weight is 464 g/mol. The van der Waals surface area contributed by atoms with E-state index in [9.17, 15) is 14.3 Å². The van der Waals surface area contributed by atoms with E-state index in [1.54, 1.807) is 61.5 Å². The summed E-state index contributed by atoms with van der Waals surface area (Å²) in [6.07, 6.45) is 0. The Bertz CT molecular complexity index is 1300. The molecule has 0 aliphatic rings. The highest BCUT2D eigenvalue weighted by Crippen LogP contribution is 2.47. The van der Waals surface area contributed by atoms with Crippen molar-refractivity contribution in [1.29, 1.82) is 0 Å². The summed E-state index contributed by atoms with van der Waals surface area (Å²) < 4.78 is 26.2. The minimum Gasteiger partial charge on any atom is -0.508 e. The molecule has 4 rings (SSSR count). The zero-order valence-electron chi connectivity index (χ0n) is 17.9. The Labute approximate surface area is 194 Å². The van der Waals surface area contributed by atoms with Gasteiger partial charge in [-0.1, -0.05) is 18.7 Å². The smallest absolute Gasteiger partial charge is 0.246 e. The predicted molar refractivity (Wildman–Crippen MR) is 129 cm³/mol. The maximum Gasteiger partial charge on any atom is 0.246 e. The van der Waals surface area contributed by atoms with Crippen LogP contribution in [0.15, 0.2) is 78.9 Å². The summed E-state index contributed by atoms with van der Waals surface area (Å²) in [6.45, 7) is 5.94. The van der Waals surface area contributed by atoms with Crippen LogP contribution in [-0.4, -0.2) is 24.2 Å². The fraction of sp³-hybridized carbons (Fsp3) is 0.115. The Kier molecular flexibility index (Phi) is 6.60. The molecular formula is C26H22FNO4S. The summed E-state index contributed by atoms with van der Waals surface area (Å²) in [5.74, 6) is 1.55. The van der Waals surface area contributed by atoms with Gasteiger partial charge in [0.2, 0.25) is 5.91 Å². The van der Waals surface area contributed by atoms with E-state index in [4.69, 9.17) is 9.47 Å². The van der Waals surface area contributed by atoms with Crippen LogP contribution in [0, 0.1) is 5.82 Å². The molecule has 1 amide bonds. The zero-order valence-corrected chi connectivity index (χ0v) is 18.7. The Balaban J connectivity index is 1.52. The van der Waals surface area contributed by atoms with Gasteiger partial charge in [0.15, 0.2) is 5.75 Å². The van der Waals surface area contributed by atoms with E-state index in [0.29, 0.717) is 36.0 Å². The first-order valence-electron chi connectivity index (χ1n) is 10.3. The van der Waals surface area contributed by atoms with Crippen LogP contribution in [0.4, 0.5) is 4.39 Å². The lowest BCUT2D eigenvalue weighted by atomic mass is 10.1. The maximum absolute atomic E-state index is 13.4. The molecule has 168 valence electrons. The third kappa shape index (κ3) is 5.32. The number of phenols is 1. The molecule has 1 heterocycles.